The van der Waals surface area contributed by atoms with Crippen molar-refractivity contribution in [2.24, 2.45) is 0 Å². The first-order chi connectivity index (χ1) is 15.0. The second-order valence-corrected chi connectivity index (χ2v) is 7.61. The summed E-state index contributed by atoms with van der Waals surface area (Å²) in [5.41, 5.74) is 2.16. The van der Waals surface area contributed by atoms with Gasteiger partial charge in [0.25, 0.3) is 0 Å². The molecule has 0 radical (unpaired) electrons. The largest absolute Gasteiger partial charge is 0.458 e. The highest BCUT2D eigenvalue weighted by atomic mass is 35.5. The zero-order chi connectivity index (χ0) is 22.4. The summed E-state index contributed by atoms with van der Waals surface area (Å²) < 4.78 is 12.1. The third-order valence-electron chi connectivity index (χ3n) is 4.24. The minimum absolute atomic E-state index is 0.00218. The quantitative estimate of drug-likeness (QED) is 0.349. The average molecular weight is 486 g/mol. The van der Waals surface area contributed by atoms with E-state index in [0.717, 1.165) is 0 Å². The summed E-state index contributed by atoms with van der Waals surface area (Å²) in [6.07, 6.45) is 0. The van der Waals surface area contributed by atoms with Crippen LogP contribution in [0.25, 0.3) is 16.9 Å². The predicted octanol–water partition coefficient (Wildman–Crippen LogP) is 4.16. The van der Waals surface area contributed by atoms with Crippen LogP contribution in [0.3, 0.4) is 0 Å². The zero-order valence-corrected chi connectivity index (χ0v) is 18.5. The molecule has 31 heavy (non-hydrogen) atoms. The Hall–Kier alpha value is -2.13. The highest BCUT2D eigenvalue weighted by molar-refractivity contribution is 6.35. The van der Waals surface area contributed by atoms with Gasteiger partial charge in [-0.05, 0) is 30.3 Å². The lowest BCUT2D eigenvalue weighted by molar-refractivity contribution is 0.0416. The van der Waals surface area contributed by atoms with Gasteiger partial charge in [-0.15, -0.1) is 0 Å². The maximum absolute atomic E-state index is 12.7. The molecule has 0 unspecified atom stereocenters. The summed E-state index contributed by atoms with van der Waals surface area (Å²) in [5.74, 6) is -0.726. The van der Waals surface area contributed by atoms with Gasteiger partial charge in [0.2, 0.25) is 0 Å². The molecule has 2 aromatic carbocycles. The van der Waals surface area contributed by atoms with Crippen LogP contribution in [0.1, 0.15) is 16.1 Å². The molecule has 164 valence electrons. The molecular weight excluding hydrogens is 467 g/mol. The smallest absolute Gasteiger partial charge is 0.359 e. The van der Waals surface area contributed by atoms with Gasteiger partial charge < -0.3 is 19.7 Å². The second-order valence-electron chi connectivity index (χ2n) is 6.33. The Bertz CT molecular complexity index is 1050. The van der Waals surface area contributed by atoms with Gasteiger partial charge in [-0.3, -0.25) is 0 Å². The molecular formula is C21H19Cl3N2O5. The molecule has 3 rings (SSSR count). The van der Waals surface area contributed by atoms with Gasteiger partial charge in [-0.1, -0.05) is 46.9 Å². The van der Waals surface area contributed by atoms with E-state index in [4.69, 9.17) is 54.5 Å². The Morgan fingerprint density at radius 3 is 2.29 bits per heavy atom. The average Bonchev–Trinajstić information content (AvgIpc) is 3.12. The highest BCUT2D eigenvalue weighted by Gasteiger charge is 2.27. The van der Waals surface area contributed by atoms with Gasteiger partial charge in [0.05, 0.1) is 42.8 Å². The lowest BCUT2D eigenvalue weighted by Crippen LogP contribution is -2.12. The van der Waals surface area contributed by atoms with E-state index < -0.39 is 5.97 Å². The molecule has 0 atom stereocenters. The van der Waals surface area contributed by atoms with E-state index in [9.17, 15) is 4.79 Å². The standard InChI is InChI=1S/C21H19Cl3N2O5/c22-14-3-1-13(2-4-14)20-16(12-30-9-7-27)19(21(29)31-10-8-28)25-26(20)18-6-5-15(23)11-17(18)24/h1-6,11,27-28H,7-10,12H2. The fourth-order valence-electron chi connectivity index (χ4n) is 2.93. The van der Waals surface area contributed by atoms with Crippen LogP contribution >= 0.6 is 34.8 Å². The summed E-state index contributed by atoms with van der Waals surface area (Å²) in [6.45, 7) is -0.639. The Labute approximate surface area is 193 Å². The van der Waals surface area contributed by atoms with Crippen LogP contribution in [-0.2, 0) is 16.1 Å². The lowest BCUT2D eigenvalue weighted by atomic mass is 10.1. The van der Waals surface area contributed by atoms with Crippen LogP contribution < -0.4 is 0 Å². The van der Waals surface area contributed by atoms with Crippen molar-refractivity contribution in [1.29, 1.82) is 0 Å². The van der Waals surface area contributed by atoms with E-state index in [1.807, 2.05) is 0 Å². The van der Waals surface area contributed by atoms with Crippen molar-refractivity contribution in [2.75, 3.05) is 26.4 Å². The molecule has 2 N–H and O–H groups in total. The summed E-state index contributed by atoms with van der Waals surface area (Å²) in [6, 6.07) is 11.9. The molecule has 0 aliphatic heterocycles. The lowest BCUT2D eigenvalue weighted by Gasteiger charge is -2.12. The monoisotopic (exact) mass is 484 g/mol. The number of hydrogen-bond donors (Lipinski definition) is 2. The van der Waals surface area contributed by atoms with Crippen molar-refractivity contribution in [3.63, 3.8) is 0 Å². The van der Waals surface area contributed by atoms with Crippen molar-refractivity contribution in [1.82, 2.24) is 9.78 Å². The number of benzene rings is 2. The number of nitrogens with zero attached hydrogens (tertiary/aromatic N) is 2. The first kappa shape index (κ1) is 23.5. The molecule has 0 aliphatic carbocycles. The second kappa shape index (κ2) is 10.9. The topological polar surface area (TPSA) is 93.8 Å². The van der Waals surface area contributed by atoms with Gasteiger partial charge in [-0.2, -0.15) is 5.10 Å². The first-order valence-corrected chi connectivity index (χ1v) is 10.4. The minimum atomic E-state index is -0.726. The number of rotatable bonds is 9. The van der Waals surface area contributed by atoms with Crippen LogP contribution in [0.15, 0.2) is 42.5 Å². The minimum Gasteiger partial charge on any atom is -0.458 e. The van der Waals surface area contributed by atoms with E-state index in [1.54, 1.807) is 42.5 Å². The summed E-state index contributed by atoms with van der Waals surface area (Å²) in [7, 11) is 0. The van der Waals surface area contributed by atoms with E-state index in [1.165, 1.54) is 4.68 Å². The molecule has 0 saturated carbocycles. The molecule has 0 saturated heterocycles. The molecule has 7 nitrogen and oxygen atoms in total. The molecule has 0 aliphatic rings. The number of aliphatic hydroxyl groups excluding tert-OH is 2. The van der Waals surface area contributed by atoms with Crippen LogP contribution in [0.2, 0.25) is 15.1 Å². The molecule has 0 spiro atoms. The van der Waals surface area contributed by atoms with E-state index in [0.29, 0.717) is 37.6 Å². The molecule has 1 heterocycles. The van der Waals surface area contributed by atoms with Gasteiger partial charge >= 0.3 is 5.97 Å². The zero-order valence-electron chi connectivity index (χ0n) is 16.2. The summed E-state index contributed by atoms with van der Waals surface area (Å²) in [5, 5.41) is 23.9. The van der Waals surface area contributed by atoms with E-state index in [-0.39, 0.29) is 38.7 Å². The first-order valence-electron chi connectivity index (χ1n) is 9.26. The summed E-state index contributed by atoms with van der Waals surface area (Å²) in [4.78, 5) is 12.7. The Kier molecular flexibility index (Phi) is 8.31. The normalized spacial score (nSPS) is 11.0. The fraction of sp³-hybridized carbons (Fsp3) is 0.238. The molecule has 3 aromatic rings. The van der Waals surface area contributed by atoms with E-state index >= 15 is 0 Å². The van der Waals surface area contributed by atoms with Crippen LogP contribution in [0.5, 0.6) is 0 Å². The van der Waals surface area contributed by atoms with E-state index in [2.05, 4.69) is 5.10 Å². The maximum atomic E-state index is 12.7. The van der Waals surface area contributed by atoms with Gasteiger partial charge in [-0.25, -0.2) is 9.48 Å². The van der Waals surface area contributed by atoms with Crippen molar-refractivity contribution in [3.8, 4) is 16.9 Å². The maximum Gasteiger partial charge on any atom is 0.359 e. The number of aromatic nitrogens is 2. The summed E-state index contributed by atoms with van der Waals surface area (Å²) >= 11 is 18.5. The molecule has 10 heteroatoms. The van der Waals surface area contributed by atoms with Gasteiger partial charge in [0.1, 0.15) is 6.61 Å². The molecule has 1 aromatic heterocycles. The highest BCUT2D eigenvalue weighted by Crippen LogP contribution is 2.34. The Morgan fingerprint density at radius 1 is 0.968 bits per heavy atom. The SMILES string of the molecule is O=C(OCCO)c1nn(-c2ccc(Cl)cc2Cl)c(-c2ccc(Cl)cc2)c1COCCO. The van der Waals surface area contributed by atoms with Crippen molar-refractivity contribution >= 4 is 40.8 Å². The number of carbonyl (C=O) groups excluding carboxylic acids is 1. The molecule has 0 amide bonds. The number of halogens is 3. The Morgan fingerprint density at radius 2 is 1.65 bits per heavy atom. The van der Waals surface area contributed by atoms with Gasteiger partial charge in [0.15, 0.2) is 5.69 Å². The van der Waals surface area contributed by atoms with Crippen LogP contribution in [0, 0.1) is 0 Å². The Balaban J connectivity index is 2.24. The van der Waals surface area contributed by atoms with Crippen molar-refractivity contribution in [3.05, 3.63) is 68.8 Å². The number of hydrogen-bond acceptors (Lipinski definition) is 6. The number of aliphatic hydroxyl groups is 2. The van der Waals surface area contributed by atoms with Crippen molar-refractivity contribution in [2.45, 2.75) is 6.61 Å². The number of ether oxygens (including phenoxy) is 2. The molecule has 0 fully saturated rings. The third-order valence-corrected chi connectivity index (χ3v) is 5.03. The van der Waals surface area contributed by atoms with Crippen molar-refractivity contribution < 1.29 is 24.5 Å². The number of carbonyl (C=O) groups is 1. The number of esters is 1. The molecule has 0 bridgehead atoms. The predicted molar refractivity (Wildman–Crippen MR) is 118 cm³/mol. The third kappa shape index (κ3) is 5.57. The fourth-order valence-corrected chi connectivity index (χ4v) is 3.54. The van der Waals surface area contributed by atoms with Gasteiger partial charge in [0, 0.05) is 21.2 Å². The van der Waals surface area contributed by atoms with Crippen LogP contribution in [-0.4, -0.2) is 52.4 Å². The van der Waals surface area contributed by atoms with Crippen LogP contribution in [0.4, 0.5) is 0 Å².